The number of rotatable bonds is 2. The van der Waals surface area contributed by atoms with Crippen LogP contribution in [0, 0.1) is 0 Å². The maximum Gasteiger partial charge on any atom is 0.0203 e. The highest BCUT2D eigenvalue weighted by atomic mass is 32.2. The van der Waals surface area contributed by atoms with Gasteiger partial charge in [-0.3, -0.25) is 0 Å². The standard InChI is InChI=1S/C13H12S2/c1-15-13-8-7-11(9-12(13)14)10-5-3-2-4-6-10/h2-9,14H,1H3. The van der Waals surface area contributed by atoms with Crippen LogP contribution in [0.4, 0.5) is 0 Å². The lowest BCUT2D eigenvalue weighted by molar-refractivity contribution is 1.26. The first-order valence-electron chi connectivity index (χ1n) is 4.73. The molecule has 2 aromatic carbocycles. The van der Waals surface area contributed by atoms with E-state index in [0.717, 1.165) is 4.90 Å². The number of hydrogen-bond donors (Lipinski definition) is 1. The predicted octanol–water partition coefficient (Wildman–Crippen LogP) is 4.36. The van der Waals surface area contributed by atoms with Gasteiger partial charge in [0, 0.05) is 9.79 Å². The van der Waals surface area contributed by atoms with E-state index in [1.54, 1.807) is 11.8 Å². The van der Waals surface area contributed by atoms with E-state index >= 15 is 0 Å². The molecule has 0 amide bonds. The molecule has 0 fully saturated rings. The summed E-state index contributed by atoms with van der Waals surface area (Å²) >= 11 is 6.20. The van der Waals surface area contributed by atoms with Crippen LogP contribution in [0.2, 0.25) is 0 Å². The van der Waals surface area contributed by atoms with Gasteiger partial charge in [-0.25, -0.2) is 0 Å². The minimum atomic E-state index is 1.05. The SMILES string of the molecule is CSc1ccc(-c2ccccc2)cc1S. The number of thiol groups is 1. The van der Waals surface area contributed by atoms with Gasteiger partial charge in [-0.2, -0.15) is 0 Å². The maximum absolute atomic E-state index is 4.48. The summed E-state index contributed by atoms with van der Waals surface area (Å²) in [6, 6.07) is 16.7. The Bertz CT molecular complexity index is 449. The third-order valence-corrected chi connectivity index (χ3v) is 3.60. The molecule has 0 aliphatic rings. The van der Waals surface area contributed by atoms with E-state index in [9.17, 15) is 0 Å². The number of hydrogen-bond acceptors (Lipinski definition) is 2. The van der Waals surface area contributed by atoms with Gasteiger partial charge in [-0.1, -0.05) is 36.4 Å². The molecule has 2 aromatic rings. The van der Waals surface area contributed by atoms with Crippen molar-refractivity contribution in [2.45, 2.75) is 9.79 Å². The average Bonchev–Trinajstić information content (AvgIpc) is 2.30. The summed E-state index contributed by atoms with van der Waals surface area (Å²) in [5.74, 6) is 0. The van der Waals surface area contributed by atoms with Crippen molar-refractivity contribution in [2.24, 2.45) is 0 Å². The van der Waals surface area contributed by atoms with E-state index in [0.29, 0.717) is 0 Å². The smallest absolute Gasteiger partial charge is 0.0203 e. The molecule has 0 radical (unpaired) electrons. The largest absolute Gasteiger partial charge is 0.142 e. The van der Waals surface area contributed by atoms with Crippen molar-refractivity contribution in [3.8, 4) is 11.1 Å². The van der Waals surface area contributed by atoms with Crippen LogP contribution in [0.5, 0.6) is 0 Å². The fourth-order valence-corrected chi connectivity index (χ4v) is 2.46. The quantitative estimate of drug-likeness (QED) is 0.593. The van der Waals surface area contributed by atoms with E-state index in [2.05, 4.69) is 61.3 Å². The van der Waals surface area contributed by atoms with Crippen molar-refractivity contribution in [2.75, 3.05) is 6.26 Å². The van der Waals surface area contributed by atoms with Gasteiger partial charge in [0.15, 0.2) is 0 Å². The summed E-state index contributed by atoms with van der Waals surface area (Å²) in [5, 5.41) is 0. The topological polar surface area (TPSA) is 0 Å². The second-order valence-corrected chi connectivity index (χ2v) is 4.58. The first kappa shape index (κ1) is 10.7. The van der Waals surface area contributed by atoms with Gasteiger partial charge in [0.2, 0.25) is 0 Å². The Morgan fingerprint density at radius 1 is 0.933 bits per heavy atom. The lowest BCUT2D eigenvalue weighted by atomic mass is 10.1. The summed E-state index contributed by atoms with van der Waals surface area (Å²) < 4.78 is 0. The van der Waals surface area contributed by atoms with Crippen molar-refractivity contribution in [3.63, 3.8) is 0 Å². The molecule has 0 saturated heterocycles. The molecular formula is C13H12S2. The number of thioether (sulfide) groups is 1. The van der Waals surface area contributed by atoms with Crippen LogP contribution in [0.1, 0.15) is 0 Å². The lowest BCUT2D eigenvalue weighted by Crippen LogP contribution is -1.79. The molecule has 0 N–H and O–H groups in total. The van der Waals surface area contributed by atoms with E-state index in [1.165, 1.54) is 16.0 Å². The molecule has 0 atom stereocenters. The second kappa shape index (κ2) is 4.77. The molecular weight excluding hydrogens is 220 g/mol. The Labute approximate surface area is 100 Å². The zero-order chi connectivity index (χ0) is 10.7. The van der Waals surface area contributed by atoms with Gasteiger partial charge < -0.3 is 0 Å². The Hall–Kier alpha value is -0.860. The van der Waals surface area contributed by atoms with Gasteiger partial charge in [0.1, 0.15) is 0 Å². The van der Waals surface area contributed by atoms with Crippen molar-refractivity contribution in [1.82, 2.24) is 0 Å². The third kappa shape index (κ3) is 2.39. The Morgan fingerprint density at radius 3 is 2.27 bits per heavy atom. The van der Waals surface area contributed by atoms with E-state index < -0.39 is 0 Å². The highest BCUT2D eigenvalue weighted by Gasteiger charge is 2.01. The van der Waals surface area contributed by atoms with Gasteiger partial charge in [0.25, 0.3) is 0 Å². The molecule has 0 nitrogen and oxygen atoms in total. The summed E-state index contributed by atoms with van der Waals surface area (Å²) in [6.07, 6.45) is 2.07. The van der Waals surface area contributed by atoms with E-state index in [1.807, 2.05) is 6.07 Å². The molecule has 0 aliphatic heterocycles. The van der Waals surface area contributed by atoms with Crippen molar-refractivity contribution >= 4 is 24.4 Å². The molecule has 0 unspecified atom stereocenters. The van der Waals surface area contributed by atoms with Gasteiger partial charge in [-0.15, -0.1) is 24.4 Å². The summed E-state index contributed by atoms with van der Waals surface area (Å²) in [5.41, 5.74) is 2.46. The molecule has 2 heteroatoms. The minimum absolute atomic E-state index is 1.05. The third-order valence-electron chi connectivity index (χ3n) is 2.29. The molecule has 0 bridgehead atoms. The average molecular weight is 232 g/mol. The van der Waals surface area contributed by atoms with Crippen LogP contribution in [0.3, 0.4) is 0 Å². The normalized spacial score (nSPS) is 10.3. The van der Waals surface area contributed by atoms with E-state index in [4.69, 9.17) is 0 Å². The Morgan fingerprint density at radius 2 is 1.67 bits per heavy atom. The molecule has 0 aliphatic carbocycles. The summed E-state index contributed by atoms with van der Waals surface area (Å²) in [4.78, 5) is 2.27. The van der Waals surface area contributed by atoms with Crippen LogP contribution >= 0.6 is 24.4 Å². The predicted molar refractivity (Wildman–Crippen MR) is 70.9 cm³/mol. The monoisotopic (exact) mass is 232 g/mol. The van der Waals surface area contributed by atoms with Gasteiger partial charge in [-0.05, 0) is 29.5 Å². The minimum Gasteiger partial charge on any atom is -0.142 e. The van der Waals surface area contributed by atoms with Gasteiger partial charge in [0.05, 0.1) is 0 Å². The van der Waals surface area contributed by atoms with Crippen LogP contribution in [-0.2, 0) is 0 Å². The lowest BCUT2D eigenvalue weighted by Gasteiger charge is -2.05. The molecule has 15 heavy (non-hydrogen) atoms. The molecule has 0 aromatic heterocycles. The Kier molecular flexibility index (Phi) is 3.39. The molecule has 0 heterocycles. The van der Waals surface area contributed by atoms with Gasteiger partial charge >= 0.3 is 0 Å². The van der Waals surface area contributed by atoms with E-state index in [-0.39, 0.29) is 0 Å². The van der Waals surface area contributed by atoms with Crippen LogP contribution in [0.15, 0.2) is 58.3 Å². The summed E-state index contributed by atoms with van der Waals surface area (Å²) in [7, 11) is 0. The highest BCUT2D eigenvalue weighted by molar-refractivity contribution is 7.99. The molecule has 76 valence electrons. The highest BCUT2D eigenvalue weighted by Crippen LogP contribution is 2.29. The van der Waals surface area contributed by atoms with Crippen molar-refractivity contribution in [3.05, 3.63) is 48.5 Å². The van der Waals surface area contributed by atoms with Crippen LogP contribution in [0.25, 0.3) is 11.1 Å². The van der Waals surface area contributed by atoms with Crippen molar-refractivity contribution in [1.29, 1.82) is 0 Å². The van der Waals surface area contributed by atoms with Crippen molar-refractivity contribution < 1.29 is 0 Å². The fourth-order valence-electron chi connectivity index (χ4n) is 1.50. The first-order chi connectivity index (χ1) is 7.31. The second-order valence-electron chi connectivity index (χ2n) is 3.25. The van der Waals surface area contributed by atoms with Crippen LogP contribution < -0.4 is 0 Å². The Balaban J connectivity index is 2.43. The molecule has 0 spiro atoms. The molecule has 2 rings (SSSR count). The summed E-state index contributed by atoms with van der Waals surface area (Å²) in [6.45, 7) is 0. The van der Waals surface area contributed by atoms with Crippen LogP contribution in [-0.4, -0.2) is 6.26 Å². The zero-order valence-electron chi connectivity index (χ0n) is 8.47. The fraction of sp³-hybridized carbons (Fsp3) is 0.0769. The first-order valence-corrected chi connectivity index (χ1v) is 6.41. The zero-order valence-corrected chi connectivity index (χ0v) is 10.2. The molecule has 0 saturated carbocycles. The maximum atomic E-state index is 4.48. The number of benzene rings is 2.